The molecule has 3 rings (SSSR count). The quantitative estimate of drug-likeness (QED) is 0.579. The topological polar surface area (TPSA) is 42.2 Å². The molecule has 0 aliphatic rings. The van der Waals surface area contributed by atoms with Crippen LogP contribution in [0.4, 0.5) is 5.69 Å². The highest BCUT2D eigenvalue weighted by Crippen LogP contribution is 2.26. The number of carbonyl (C=O) groups excluding carboxylic acids is 1. The van der Waals surface area contributed by atoms with E-state index in [-0.39, 0.29) is 5.91 Å². The number of hydrogen-bond acceptors (Lipinski definition) is 2. The molecule has 0 saturated heterocycles. The highest BCUT2D eigenvalue weighted by atomic mass is 127. The summed E-state index contributed by atoms with van der Waals surface area (Å²) >= 11 is 2.23. The van der Waals surface area contributed by atoms with Crippen LogP contribution in [0.3, 0.4) is 0 Å². The van der Waals surface area contributed by atoms with Gasteiger partial charge in [-0.05, 0) is 66.8 Å². The summed E-state index contributed by atoms with van der Waals surface area (Å²) in [6.07, 6.45) is 0. The minimum absolute atomic E-state index is 0.161. The molecule has 116 valence electrons. The first kappa shape index (κ1) is 15.8. The predicted molar refractivity (Wildman–Crippen MR) is 101 cm³/mol. The van der Waals surface area contributed by atoms with Gasteiger partial charge in [0.15, 0.2) is 0 Å². The fraction of sp³-hybridized carbons (Fsp3) is 0.105. The summed E-state index contributed by atoms with van der Waals surface area (Å²) in [6, 6.07) is 17.5. The smallest absolute Gasteiger partial charge is 0.259 e. The van der Waals surface area contributed by atoms with Crippen LogP contribution in [-0.4, -0.2) is 5.91 Å². The van der Waals surface area contributed by atoms with Gasteiger partial charge in [-0.1, -0.05) is 29.8 Å². The van der Waals surface area contributed by atoms with Gasteiger partial charge in [0, 0.05) is 14.8 Å². The standard InChI is InChI=1S/C19H16INO2/c1-12-3-5-14(6-4-12)18-11-17(13(2)23-18)19(22)21-16-9-7-15(20)8-10-16/h3-11H,1-2H3,(H,21,22). The van der Waals surface area contributed by atoms with Gasteiger partial charge in [-0.3, -0.25) is 4.79 Å². The third-order valence-electron chi connectivity index (χ3n) is 3.60. The van der Waals surface area contributed by atoms with Gasteiger partial charge in [0.1, 0.15) is 11.5 Å². The van der Waals surface area contributed by atoms with Gasteiger partial charge in [-0.2, -0.15) is 0 Å². The lowest BCUT2D eigenvalue weighted by Crippen LogP contribution is -2.11. The van der Waals surface area contributed by atoms with Crippen molar-refractivity contribution in [2.75, 3.05) is 5.32 Å². The average molecular weight is 417 g/mol. The van der Waals surface area contributed by atoms with E-state index in [1.165, 1.54) is 5.56 Å². The summed E-state index contributed by atoms with van der Waals surface area (Å²) in [5, 5.41) is 2.90. The fourth-order valence-electron chi connectivity index (χ4n) is 2.30. The minimum Gasteiger partial charge on any atom is -0.461 e. The van der Waals surface area contributed by atoms with Crippen molar-refractivity contribution in [3.05, 3.63) is 75.1 Å². The zero-order chi connectivity index (χ0) is 16.4. The van der Waals surface area contributed by atoms with E-state index >= 15 is 0 Å². The third-order valence-corrected chi connectivity index (χ3v) is 4.32. The van der Waals surface area contributed by atoms with Crippen molar-refractivity contribution in [1.82, 2.24) is 0 Å². The molecular weight excluding hydrogens is 401 g/mol. The Morgan fingerprint density at radius 3 is 2.30 bits per heavy atom. The lowest BCUT2D eigenvalue weighted by Gasteiger charge is -2.03. The summed E-state index contributed by atoms with van der Waals surface area (Å²) in [5.74, 6) is 1.16. The zero-order valence-electron chi connectivity index (χ0n) is 12.9. The van der Waals surface area contributed by atoms with Gasteiger partial charge in [-0.25, -0.2) is 0 Å². The maximum absolute atomic E-state index is 12.4. The Labute approximate surface area is 148 Å². The van der Waals surface area contributed by atoms with Crippen LogP contribution >= 0.6 is 22.6 Å². The lowest BCUT2D eigenvalue weighted by molar-refractivity contribution is 0.102. The number of anilines is 1. The summed E-state index contributed by atoms with van der Waals surface area (Å²) in [6.45, 7) is 3.84. The van der Waals surface area contributed by atoms with Crippen LogP contribution in [0, 0.1) is 17.4 Å². The molecule has 0 atom stereocenters. The maximum atomic E-state index is 12.4. The van der Waals surface area contributed by atoms with Crippen LogP contribution in [0.2, 0.25) is 0 Å². The van der Waals surface area contributed by atoms with Crippen molar-refractivity contribution in [2.24, 2.45) is 0 Å². The molecule has 0 unspecified atom stereocenters. The van der Waals surface area contributed by atoms with Crippen molar-refractivity contribution < 1.29 is 9.21 Å². The van der Waals surface area contributed by atoms with Crippen LogP contribution in [0.5, 0.6) is 0 Å². The van der Waals surface area contributed by atoms with Crippen LogP contribution in [0.25, 0.3) is 11.3 Å². The van der Waals surface area contributed by atoms with Crippen molar-refractivity contribution in [2.45, 2.75) is 13.8 Å². The number of furan rings is 1. The molecule has 1 aromatic heterocycles. The first-order valence-corrected chi connectivity index (χ1v) is 8.35. The summed E-state index contributed by atoms with van der Waals surface area (Å²) in [5.41, 5.74) is 3.48. The number of carbonyl (C=O) groups is 1. The van der Waals surface area contributed by atoms with E-state index in [4.69, 9.17) is 4.42 Å². The minimum atomic E-state index is -0.161. The Morgan fingerprint density at radius 2 is 1.65 bits per heavy atom. The van der Waals surface area contributed by atoms with Crippen molar-refractivity contribution in [1.29, 1.82) is 0 Å². The van der Waals surface area contributed by atoms with Gasteiger partial charge in [0.2, 0.25) is 0 Å². The second-order valence-electron chi connectivity index (χ2n) is 5.41. The fourth-order valence-corrected chi connectivity index (χ4v) is 2.66. The Kier molecular flexibility index (Phi) is 4.52. The number of aryl methyl sites for hydroxylation is 2. The summed E-state index contributed by atoms with van der Waals surface area (Å²) in [7, 11) is 0. The van der Waals surface area contributed by atoms with Crippen molar-refractivity contribution in [3.63, 3.8) is 0 Å². The van der Waals surface area contributed by atoms with Gasteiger partial charge in [-0.15, -0.1) is 0 Å². The van der Waals surface area contributed by atoms with Crippen LogP contribution in [-0.2, 0) is 0 Å². The number of benzene rings is 2. The van der Waals surface area contributed by atoms with E-state index < -0.39 is 0 Å². The molecule has 1 amide bonds. The molecule has 3 aromatic rings. The van der Waals surface area contributed by atoms with E-state index in [0.717, 1.165) is 14.8 Å². The monoisotopic (exact) mass is 417 g/mol. The Hall–Kier alpha value is -2.08. The van der Waals surface area contributed by atoms with Crippen molar-refractivity contribution >= 4 is 34.2 Å². The van der Waals surface area contributed by atoms with Crippen LogP contribution in [0.1, 0.15) is 21.7 Å². The normalized spacial score (nSPS) is 10.6. The van der Waals surface area contributed by atoms with Crippen LogP contribution in [0.15, 0.2) is 59.0 Å². The Bertz CT molecular complexity index is 833. The number of halogens is 1. The zero-order valence-corrected chi connectivity index (χ0v) is 15.0. The molecule has 4 heteroatoms. The molecule has 0 bridgehead atoms. The van der Waals surface area contributed by atoms with Gasteiger partial charge < -0.3 is 9.73 Å². The molecule has 0 saturated carbocycles. The highest BCUT2D eigenvalue weighted by Gasteiger charge is 2.16. The van der Waals surface area contributed by atoms with Crippen LogP contribution < -0.4 is 5.32 Å². The van der Waals surface area contributed by atoms with Gasteiger partial charge in [0.05, 0.1) is 5.56 Å². The van der Waals surface area contributed by atoms with E-state index in [0.29, 0.717) is 17.1 Å². The third kappa shape index (κ3) is 3.64. The van der Waals surface area contributed by atoms with E-state index in [2.05, 4.69) is 27.9 Å². The van der Waals surface area contributed by atoms with Crippen molar-refractivity contribution in [3.8, 4) is 11.3 Å². The predicted octanol–water partition coefficient (Wildman–Crippen LogP) is 5.42. The lowest BCUT2D eigenvalue weighted by atomic mass is 10.1. The Morgan fingerprint density at radius 1 is 1.00 bits per heavy atom. The number of nitrogens with one attached hydrogen (secondary N) is 1. The number of hydrogen-bond donors (Lipinski definition) is 1. The second-order valence-corrected chi connectivity index (χ2v) is 6.65. The first-order valence-electron chi connectivity index (χ1n) is 7.27. The summed E-state index contributed by atoms with van der Waals surface area (Å²) < 4.78 is 6.88. The molecule has 1 N–H and O–H groups in total. The number of rotatable bonds is 3. The molecule has 0 radical (unpaired) electrons. The largest absolute Gasteiger partial charge is 0.461 e. The molecule has 0 spiro atoms. The molecule has 3 nitrogen and oxygen atoms in total. The molecule has 2 aromatic carbocycles. The molecular formula is C19H16INO2. The molecule has 0 fully saturated rings. The molecule has 1 heterocycles. The second kappa shape index (κ2) is 6.58. The molecule has 0 aliphatic heterocycles. The molecule has 23 heavy (non-hydrogen) atoms. The van der Waals surface area contributed by atoms with Gasteiger partial charge in [0.25, 0.3) is 5.91 Å². The Balaban J connectivity index is 1.84. The average Bonchev–Trinajstić information content (AvgIpc) is 2.92. The van der Waals surface area contributed by atoms with E-state index in [1.54, 1.807) is 13.0 Å². The highest BCUT2D eigenvalue weighted by molar-refractivity contribution is 14.1. The van der Waals surface area contributed by atoms with E-state index in [9.17, 15) is 4.79 Å². The first-order chi connectivity index (χ1) is 11.0. The SMILES string of the molecule is Cc1ccc(-c2cc(C(=O)Nc3ccc(I)cc3)c(C)o2)cc1. The molecule has 0 aliphatic carbocycles. The maximum Gasteiger partial charge on any atom is 0.259 e. The number of amides is 1. The summed E-state index contributed by atoms with van der Waals surface area (Å²) in [4.78, 5) is 12.4. The van der Waals surface area contributed by atoms with Gasteiger partial charge >= 0.3 is 0 Å². The van der Waals surface area contributed by atoms with E-state index in [1.807, 2.05) is 55.5 Å².